The predicted octanol–water partition coefficient (Wildman–Crippen LogP) is 0.361. The van der Waals surface area contributed by atoms with E-state index in [9.17, 15) is 0 Å². The van der Waals surface area contributed by atoms with Gasteiger partial charge in [0.2, 0.25) is 5.95 Å². The standard InChI is InChI=1S/C9H13N5/c10-8(11)7-3-4-12-9(13-7)14-5-1-2-6-14/h3-4H,1-2,5-6H2,(H3,10,11). The van der Waals surface area contributed by atoms with Crippen molar-refractivity contribution in [2.45, 2.75) is 12.8 Å². The minimum Gasteiger partial charge on any atom is -0.382 e. The maximum absolute atomic E-state index is 7.27. The first-order valence-corrected chi connectivity index (χ1v) is 4.70. The molecule has 0 unspecified atom stereocenters. The highest BCUT2D eigenvalue weighted by molar-refractivity contribution is 5.93. The Kier molecular flexibility index (Phi) is 2.30. The Balaban J connectivity index is 2.25. The van der Waals surface area contributed by atoms with Crippen molar-refractivity contribution in [3.63, 3.8) is 0 Å². The second kappa shape index (κ2) is 3.61. The number of nitrogens with one attached hydrogen (secondary N) is 1. The molecule has 0 saturated carbocycles. The molecule has 0 atom stereocenters. The Labute approximate surface area is 82.5 Å². The number of amidine groups is 1. The van der Waals surface area contributed by atoms with Crippen LogP contribution in [-0.4, -0.2) is 28.9 Å². The molecule has 1 fully saturated rings. The lowest BCUT2D eigenvalue weighted by Gasteiger charge is -2.14. The van der Waals surface area contributed by atoms with Gasteiger partial charge in [0, 0.05) is 19.3 Å². The number of aromatic nitrogens is 2. The van der Waals surface area contributed by atoms with Crippen molar-refractivity contribution in [1.82, 2.24) is 9.97 Å². The molecule has 5 heteroatoms. The summed E-state index contributed by atoms with van der Waals surface area (Å²) in [5, 5.41) is 7.27. The summed E-state index contributed by atoms with van der Waals surface area (Å²) in [6.07, 6.45) is 4.03. The van der Waals surface area contributed by atoms with Gasteiger partial charge < -0.3 is 10.6 Å². The van der Waals surface area contributed by atoms with Gasteiger partial charge in [0.25, 0.3) is 0 Å². The average molecular weight is 191 g/mol. The number of hydrogen-bond acceptors (Lipinski definition) is 4. The molecule has 1 aliphatic rings. The Morgan fingerprint density at radius 3 is 2.79 bits per heavy atom. The fraction of sp³-hybridized carbons (Fsp3) is 0.444. The maximum atomic E-state index is 7.27. The third-order valence-corrected chi connectivity index (χ3v) is 2.31. The summed E-state index contributed by atoms with van der Waals surface area (Å²) in [4.78, 5) is 10.5. The SMILES string of the molecule is N=C(N)c1ccnc(N2CCCC2)n1. The van der Waals surface area contributed by atoms with E-state index in [2.05, 4.69) is 14.9 Å². The molecular formula is C9H13N5. The van der Waals surface area contributed by atoms with Crippen LogP contribution in [0.25, 0.3) is 0 Å². The van der Waals surface area contributed by atoms with Gasteiger partial charge in [0.1, 0.15) is 11.5 Å². The monoisotopic (exact) mass is 191 g/mol. The van der Waals surface area contributed by atoms with Crippen LogP contribution >= 0.6 is 0 Å². The summed E-state index contributed by atoms with van der Waals surface area (Å²) >= 11 is 0. The molecule has 2 rings (SSSR count). The number of nitrogen functional groups attached to an aromatic ring is 1. The lowest BCUT2D eigenvalue weighted by atomic mass is 10.4. The lowest BCUT2D eigenvalue weighted by molar-refractivity contribution is 0.895. The van der Waals surface area contributed by atoms with E-state index in [0.29, 0.717) is 11.6 Å². The van der Waals surface area contributed by atoms with Crippen LogP contribution in [0.5, 0.6) is 0 Å². The van der Waals surface area contributed by atoms with E-state index >= 15 is 0 Å². The van der Waals surface area contributed by atoms with Crippen molar-refractivity contribution in [2.24, 2.45) is 5.73 Å². The summed E-state index contributed by atoms with van der Waals surface area (Å²) in [6.45, 7) is 2.00. The van der Waals surface area contributed by atoms with E-state index in [1.165, 1.54) is 12.8 Å². The molecule has 1 saturated heterocycles. The van der Waals surface area contributed by atoms with E-state index in [0.717, 1.165) is 13.1 Å². The number of rotatable bonds is 2. The molecular weight excluding hydrogens is 178 g/mol. The molecule has 0 radical (unpaired) electrons. The Hall–Kier alpha value is -1.65. The van der Waals surface area contributed by atoms with Gasteiger partial charge in [-0.2, -0.15) is 0 Å². The minimum absolute atomic E-state index is 0.00662. The fourth-order valence-corrected chi connectivity index (χ4v) is 1.57. The summed E-state index contributed by atoms with van der Waals surface area (Å²) in [6, 6.07) is 1.65. The molecule has 0 amide bonds. The van der Waals surface area contributed by atoms with Crippen molar-refractivity contribution in [3.8, 4) is 0 Å². The van der Waals surface area contributed by atoms with Gasteiger partial charge in [-0.1, -0.05) is 0 Å². The molecule has 0 aromatic carbocycles. The van der Waals surface area contributed by atoms with Gasteiger partial charge in [-0.25, -0.2) is 9.97 Å². The zero-order chi connectivity index (χ0) is 9.97. The Morgan fingerprint density at radius 1 is 1.43 bits per heavy atom. The van der Waals surface area contributed by atoms with Crippen molar-refractivity contribution in [1.29, 1.82) is 5.41 Å². The van der Waals surface area contributed by atoms with Crippen molar-refractivity contribution >= 4 is 11.8 Å². The second-order valence-electron chi connectivity index (χ2n) is 3.35. The lowest BCUT2D eigenvalue weighted by Crippen LogP contribution is -2.22. The first kappa shape index (κ1) is 8.93. The van der Waals surface area contributed by atoms with Crippen molar-refractivity contribution < 1.29 is 0 Å². The van der Waals surface area contributed by atoms with Gasteiger partial charge >= 0.3 is 0 Å². The number of nitrogens with zero attached hydrogens (tertiary/aromatic N) is 3. The molecule has 2 heterocycles. The van der Waals surface area contributed by atoms with Crippen LogP contribution in [0.15, 0.2) is 12.3 Å². The topological polar surface area (TPSA) is 78.9 Å². The number of anilines is 1. The van der Waals surface area contributed by atoms with E-state index < -0.39 is 0 Å². The molecule has 0 spiro atoms. The summed E-state index contributed by atoms with van der Waals surface area (Å²) in [5.74, 6) is 0.683. The smallest absolute Gasteiger partial charge is 0.225 e. The molecule has 0 aliphatic carbocycles. The van der Waals surface area contributed by atoms with E-state index in [4.69, 9.17) is 11.1 Å². The van der Waals surface area contributed by atoms with Crippen molar-refractivity contribution in [3.05, 3.63) is 18.0 Å². The van der Waals surface area contributed by atoms with E-state index in [1.807, 2.05) is 0 Å². The first-order chi connectivity index (χ1) is 6.77. The highest BCUT2D eigenvalue weighted by atomic mass is 15.3. The zero-order valence-corrected chi connectivity index (χ0v) is 7.90. The van der Waals surface area contributed by atoms with Gasteiger partial charge in [-0.15, -0.1) is 0 Å². The average Bonchev–Trinajstić information content (AvgIpc) is 2.71. The highest BCUT2D eigenvalue weighted by Crippen LogP contribution is 2.14. The number of hydrogen-bond donors (Lipinski definition) is 2. The van der Waals surface area contributed by atoms with Crippen molar-refractivity contribution in [2.75, 3.05) is 18.0 Å². The van der Waals surface area contributed by atoms with E-state index in [-0.39, 0.29) is 5.84 Å². The van der Waals surface area contributed by atoms with Crippen LogP contribution in [0.3, 0.4) is 0 Å². The van der Waals surface area contributed by atoms with Crippen LogP contribution in [0, 0.1) is 5.41 Å². The first-order valence-electron chi connectivity index (χ1n) is 4.70. The third kappa shape index (κ3) is 1.66. The quantitative estimate of drug-likeness (QED) is 0.522. The van der Waals surface area contributed by atoms with E-state index in [1.54, 1.807) is 12.3 Å². The van der Waals surface area contributed by atoms with Crippen LogP contribution < -0.4 is 10.6 Å². The fourth-order valence-electron chi connectivity index (χ4n) is 1.57. The minimum atomic E-state index is -0.00662. The van der Waals surface area contributed by atoms with Crippen LogP contribution in [0.2, 0.25) is 0 Å². The summed E-state index contributed by atoms with van der Waals surface area (Å²) in [7, 11) is 0. The molecule has 3 N–H and O–H groups in total. The zero-order valence-electron chi connectivity index (χ0n) is 7.90. The highest BCUT2D eigenvalue weighted by Gasteiger charge is 2.15. The van der Waals surface area contributed by atoms with Gasteiger partial charge in [0.05, 0.1) is 0 Å². The van der Waals surface area contributed by atoms with Crippen LogP contribution in [0.4, 0.5) is 5.95 Å². The third-order valence-electron chi connectivity index (χ3n) is 2.31. The van der Waals surface area contributed by atoms with Crippen LogP contribution in [0.1, 0.15) is 18.5 Å². The molecule has 1 aliphatic heterocycles. The molecule has 0 bridgehead atoms. The maximum Gasteiger partial charge on any atom is 0.225 e. The molecule has 74 valence electrons. The predicted molar refractivity (Wildman–Crippen MR) is 54.5 cm³/mol. The van der Waals surface area contributed by atoms with Gasteiger partial charge in [-0.3, -0.25) is 5.41 Å². The summed E-state index contributed by atoms with van der Waals surface area (Å²) < 4.78 is 0. The molecule has 1 aromatic rings. The molecule has 1 aromatic heterocycles. The largest absolute Gasteiger partial charge is 0.382 e. The molecule has 5 nitrogen and oxygen atoms in total. The second-order valence-corrected chi connectivity index (χ2v) is 3.35. The Bertz CT molecular complexity index is 343. The van der Waals surface area contributed by atoms with Gasteiger partial charge in [-0.05, 0) is 18.9 Å². The summed E-state index contributed by atoms with van der Waals surface area (Å²) in [5.41, 5.74) is 5.86. The molecule has 14 heavy (non-hydrogen) atoms. The van der Waals surface area contributed by atoms with Gasteiger partial charge in [0.15, 0.2) is 0 Å². The van der Waals surface area contributed by atoms with Crippen LogP contribution in [-0.2, 0) is 0 Å². The Morgan fingerprint density at radius 2 is 2.14 bits per heavy atom. The normalized spacial score (nSPS) is 15.9. The number of nitrogens with two attached hydrogens (primary N) is 1.